The molecule has 2 N–H and O–H groups in total. The molecule has 3 nitrogen and oxygen atoms in total. The first-order valence-electron chi connectivity index (χ1n) is 7.25. The van der Waals surface area contributed by atoms with E-state index in [0.29, 0.717) is 6.54 Å². The minimum absolute atomic E-state index is 0.607. The summed E-state index contributed by atoms with van der Waals surface area (Å²) >= 11 is 3.60. The van der Waals surface area contributed by atoms with Crippen LogP contribution in [0.2, 0.25) is 0 Å². The van der Waals surface area contributed by atoms with E-state index < -0.39 is 0 Å². The Morgan fingerprint density at radius 2 is 2.00 bits per heavy atom. The maximum atomic E-state index is 5.79. The lowest BCUT2D eigenvalue weighted by molar-refractivity contribution is 0.273. The maximum Gasteiger partial charge on any atom is 0.0381 e. The molecule has 2 fully saturated rings. The third kappa shape index (κ3) is 2.96. The number of benzene rings is 1. The third-order valence-electron chi connectivity index (χ3n) is 4.35. The minimum Gasteiger partial charge on any atom is -0.370 e. The minimum atomic E-state index is 0.607. The van der Waals surface area contributed by atoms with E-state index in [1.165, 1.54) is 50.1 Å². The Morgan fingerprint density at radius 1 is 1.16 bits per heavy atom. The lowest BCUT2D eigenvalue weighted by Crippen LogP contribution is -2.36. The monoisotopic (exact) mass is 323 g/mol. The van der Waals surface area contributed by atoms with Gasteiger partial charge in [0.1, 0.15) is 0 Å². The van der Waals surface area contributed by atoms with E-state index in [1.807, 2.05) is 0 Å². The van der Waals surface area contributed by atoms with E-state index in [4.69, 9.17) is 5.73 Å². The number of nitrogens with two attached hydrogens (primary N) is 1. The standard InChI is InChI=1S/C15H22BrN3/c16-13-7-12(10-17)8-15(9-13)19-6-2-5-18-4-1-3-14(18)11-19/h7-9,14H,1-6,10-11,17H2. The van der Waals surface area contributed by atoms with E-state index in [1.54, 1.807) is 0 Å². The second-order valence-electron chi connectivity index (χ2n) is 5.65. The van der Waals surface area contributed by atoms with Gasteiger partial charge in [-0.15, -0.1) is 0 Å². The van der Waals surface area contributed by atoms with Gasteiger partial charge in [-0.05, 0) is 49.6 Å². The van der Waals surface area contributed by atoms with Crippen molar-refractivity contribution < 1.29 is 0 Å². The van der Waals surface area contributed by atoms with Crippen LogP contribution in [-0.2, 0) is 6.54 Å². The Morgan fingerprint density at radius 3 is 2.84 bits per heavy atom. The van der Waals surface area contributed by atoms with Gasteiger partial charge < -0.3 is 10.6 Å². The molecule has 104 valence electrons. The van der Waals surface area contributed by atoms with Crippen LogP contribution >= 0.6 is 15.9 Å². The maximum absolute atomic E-state index is 5.79. The summed E-state index contributed by atoms with van der Waals surface area (Å²) < 4.78 is 1.14. The molecule has 0 amide bonds. The van der Waals surface area contributed by atoms with Gasteiger partial charge in [-0.1, -0.05) is 15.9 Å². The van der Waals surface area contributed by atoms with Crippen molar-refractivity contribution in [2.75, 3.05) is 31.1 Å². The van der Waals surface area contributed by atoms with Gasteiger partial charge in [-0.3, -0.25) is 4.90 Å². The van der Waals surface area contributed by atoms with Crippen molar-refractivity contribution in [2.24, 2.45) is 5.73 Å². The topological polar surface area (TPSA) is 32.5 Å². The Labute approximate surface area is 123 Å². The smallest absolute Gasteiger partial charge is 0.0381 e. The average Bonchev–Trinajstić information content (AvgIpc) is 2.75. The molecule has 0 bridgehead atoms. The fourth-order valence-corrected chi connectivity index (χ4v) is 3.90. The number of hydrogen-bond donors (Lipinski definition) is 1. The van der Waals surface area contributed by atoms with Crippen LogP contribution in [0.3, 0.4) is 0 Å². The third-order valence-corrected chi connectivity index (χ3v) is 4.80. The van der Waals surface area contributed by atoms with Gasteiger partial charge in [0.25, 0.3) is 0 Å². The molecular weight excluding hydrogens is 302 g/mol. The lowest BCUT2D eigenvalue weighted by Gasteiger charge is -2.27. The van der Waals surface area contributed by atoms with E-state index >= 15 is 0 Å². The summed E-state index contributed by atoms with van der Waals surface area (Å²) in [5, 5.41) is 0. The molecule has 19 heavy (non-hydrogen) atoms. The van der Waals surface area contributed by atoms with Crippen LogP contribution < -0.4 is 10.6 Å². The first-order valence-corrected chi connectivity index (χ1v) is 8.04. The normalized spacial score (nSPS) is 24.3. The number of anilines is 1. The van der Waals surface area contributed by atoms with Crippen molar-refractivity contribution >= 4 is 21.6 Å². The summed E-state index contributed by atoms with van der Waals surface area (Å²) in [6.07, 6.45) is 3.99. The molecule has 3 rings (SSSR count). The molecule has 4 heteroatoms. The van der Waals surface area contributed by atoms with Crippen LogP contribution in [0, 0.1) is 0 Å². The molecular formula is C15H22BrN3. The predicted molar refractivity (Wildman–Crippen MR) is 83.5 cm³/mol. The summed E-state index contributed by atoms with van der Waals surface area (Å²) in [7, 11) is 0. The number of hydrogen-bond acceptors (Lipinski definition) is 3. The van der Waals surface area contributed by atoms with E-state index in [-0.39, 0.29) is 0 Å². The molecule has 2 heterocycles. The second-order valence-corrected chi connectivity index (χ2v) is 6.57. The van der Waals surface area contributed by atoms with Gasteiger partial charge in [-0.25, -0.2) is 0 Å². The first-order chi connectivity index (χ1) is 9.26. The zero-order valence-corrected chi connectivity index (χ0v) is 12.9. The molecule has 1 atom stereocenters. The highest BCUT2D eigenvalue weighted by Crippen LogP contribution is 2.27. The molecule has 0 aromatic heterocycles. The van der Waals surface area contributed by atoms with Crippen LogP contribution in [0.4, 0.5) is 5.69 Å². The van der Waals surface area contributed by atoms with Crippen LogP contribution in [0.5, 0.6) is 0 Å². The number of nitrogens with zero attached hydrogens (tertiary/aromatic N) is 2. The number of rotatable bonds is 2. The molecule has 1 unspecified atom stereocenters. The number of fused-ring (bicyclic) bond motifs is 1. The van der Waals surface area contributed by atoms with Crippen molar-refractivity contribution in [2.45, 2.75) is 31.8 Å². The Kier molecular flexibility index (Phi) is 4.10. The van der Waals surface area contributed by atoms with Gasteiger partial charge in [0, 0.05) is 42.4 Å². The van der Waals surface area contributed by atoms with Crippen LogP contribution in [0.1, 0.15) is 24.8 Å². The van der Waals surface area contributed by atoms with E-state index in [2.05, 4.69) is 43.9 Å². The molecule has 2 aliphatic heterocycles. The zero-order valence-electron chi connectivity index (χ0n) is 11.3. The van der Waals surface area contributed by atoms with Gasteiger partial charge in [-0.2, -0.15) is 0 Å². The van der Waals surface area contributed by atoms with Crippen LogP contribution in [0.15, 0.2) is 22.7 Å². The summed E-state index contributed by atoms with van der Waals surface area (Å²) in [5.41, 5.74) is 8.31. The highest BCUT2D eigenvalue weighted by molar-refractivity contribution is 9.10. The fraction of sp³-hybridized carbons (Fsp3) is 0.600. The first kappa shape index (κ1) is 13.4. The highest BCUT2D eigenvalue weighted by Gasteiger charge is 2.28. The number of halogens is 1. The molecule has 0 radical (unpaired) electrons. The fourth-order valence-electron chi connectivity index (χ4n) is 3.37. The Hall–Kier alpha value is -0.580. The lowest BCUT2D eigenvalue weighted by atomic mass is 10.1. The van der Waals surface area contributed by atoms with Crippen LogP contribution in [-0.4, -0.2) is 37.1 Å². The van der Waals surface area contributed by atoms with E-state index in [0.717, 1.165) is 17.1 Å². The van der Waals surface area contributed by atoms with Gasteiger partial charge >= 0.3 is 0 Å². The average molecular weight is 324 g/mol. The highest BCUT2D eigenvalue weighted by atomic mass is 79.9. The van der Waals surface area contributed by atoms with Crippen molar-refractivity contribution in [1.29, 1.82) is 0 Å². The van der Waals surface area contributed by atoms with Gasteiger partial charge in [0.05, 0.1) is 0 Å². The van der Waals surface area contributed by atoms with Crippen molar-refractivity contribution in [3.05, 3.63) is 28.2 Å². The van der Waals surface area contributed by atoms with Crippen molar-refractivity contribution in [3.63, 3.8) is 0 Å². The Balaban J connectivity index is 1.82. The van der Waals surface area contributed by atoms with Crippen molar-refractivity contribution in [1.82, 2.24) is 4.90 Å². The molecule has 0 aliphatic carbocycles. The molecule has 0 saturated carbocycles. The quantitative estimate of drug-likeness (QED) is 0.908. The summed E-state index contributed by atoms with van der Waals surface area (Å²) in [6, 6.07) is 7.34. The molecule has 1 aromatic rings. The Bertz CT molecular complexity index is 449. The largest absolute Gasteiger partial charge is 0.370 e. The second kappa shape index (κ2) is 5.81. The molecule has 0 spiro atoms. The summed E-state index contributed by atoms with van der Waals surface area (Å²) in [6.45, 7) is 5.49. The summed E-state index contributed by atoms with van der Waals surface area (Å²) in [4.78, 5) is 5.21. The zero-order chi connectivity index (χ0) is 13.2. The van der Waals surface area contributed by atoms with Crippen molar-refractivity contribution in [3.8, 4) is 0 Å². The van der Waals surface area contributed by atoms with Gasteiger partial charge in [0.2, 0.25) is 0 Å². The predicted octanol–water partition coefficient (Wildman–Crippen LogP) is 2.58. The van der Waals surface area contributed by atoms with Gasteiger partial charge in [0.15, 0.2) is 0 Å². The summed E-state index contributed by atoms with van der Waals surface area (Å²) in [5.74, 6) is 0. The molecule has 2 saturated heterocycles. The molecule has 2 aliphatic rings. The SMILES string of the molecule is NCc1cc(Br)cc(N2CCCN3CCCC3C2)c1. The molecule has 1 aromatic carbocycles. The van der Waals surface area contributed by atoms with E-state index in [9.17, 15) is 0 Å². The van der Waals surface area contributed by atoms with Crippen LogP contribution in [0.25, 0.3) is 0 Å².